The minimum absolute atomic E-state index is 0.326. The van der Waals surface area contributed by atoms with Gasteiger partial charge in [0.1, 0.15) is 11.5 Å². The molecule has 0 aliphatic carbocycles. The number of ether oxygens (including phenoxy) is 2. The normalized spacial score (nSPS) is 10.8. The Morgan fingerprint density at radius 3 is 2.54 bits per heavy atom. The first-order valence-corrected chi connectivity index (χ1v) is 8.73. The van der Waals surface area contributed by atoms with Crippen molar-refractivity contribution in [1.29, 1.82) is 0 Å². The second-order valence-electron chi connectivity index (χ2n) is 5.67. The van der Waals surface area contributed by atoms with Crippen LogP contribution in [0.3, 0.4) is 0 Å². The summed E-state index contributed by atoms with van der Waals surface area (Å²) in [6.45, 7) is 0.894. The third-order valence-electron chi connectivity index (χ3n) is 4.16. The largest absolute Gasteiger partial charge is 0.497 e. The lowest BCUT2D eigenvalue weighted by molar-refractivity contribution is 0.390. The lowest BCUT2D eigenvalue weighted by atomic mass is 10.1. The van der Waals surface area contributed by atoms with Gasteiger partial charge >= 0.3 is 0 Å². The van der Waals surface area contributed by atoms with Crippen LogP contribution in [-0.4, -0.2) is 23.8 Å². The third-order valence-corrected chi connectivity index (χ3v) is 4.71. The van der Waals surface area contributed by atoms with E-state index in [2.05, 4.69) is 4.98 Å². The molecule has 2 aromatic carbocycles. The SMILES string of the molecule is COc1ccc(Cn2cnc(-c3ccc(Cl)cc3Cl)c2CN)c(OC)c1. The van der Waals surface area contributed by atoms with Crippen molar-refractivity contribution in [2.75, 3.05) is 14.2 Å². The number of benzene rings is 2. The second-order valence-corrected chi connectivity index (χ2v) is 6.52. The molecule has 1 heterocycles. The lowest BCUT2D eigenvalue weighted by Crippen LogP contribution is -2.09. The predicted octanol–water partition coefficient (Wildman–Crippen LogP) is 4.38. The highest BCUT2D eigenvalue weighted by Crippen LogP contribution is 2.32. The first-order chi connectivity index (χ1) is 12.6. The number of aromatic nitrogens is 2. The summed E-state index contributed by atoms with van der Waals surface area (Å²) >= 11 is 12.3. The fourth-order valence-corrected chi connectivity index (χ4v) is 3.33. The first-order valence-electron chi connectivity index (χ1n) is 7.97. The summed E-state index contributed by atoms with van der Waals surface area (Å²) in [5, 5.41) is 1.12. The molecule has 0 aliphatic rings. The van der Waals surface area contributed by atoms with Gasteiger partial charge in [-0.2, -0.15) is 0 Å². The highest BCUT2D eigenvalue weighted by atomic mass is 35.5. The van der Waals surface area contributed by atoms with Crippen molar-refractivity contribution in [2.45, 2.75) is 13.1 Å². The Balaban J connectivity index is 1.99. The minimum atomic E-state index is 0.326. The Hall–Kier alpha value is -2.21. The van der Waals surface area contributed by atoms with Gasteiger partial charge in [0.15, 0.2) is 0 Å². The van der Waals surface area contributed by atoms with Crippen molar-refractivity contribution < 1.29 is 9.47 Å². The quantitative estimate of drug-likeness (QED) is 0.676. The first kappa shape index (κ1) is 18.6. The van der Waals surface area contributed by atoms with E-state index < -0.39 is 0 Å². The number of hydrogen-bond acceptors (Lipinski definition) is 4. The van der Waals surface area contributed by atoms with Crippen LogP contribution in [0, 0.1) is 0 Å². The Labute approximate surface area is 162 Å². The molecule has 136 valence electrons. The number of methoxy groups -OCH3 is 2. The molecular weight excluding hydrogens is 373 g/mol. The summed E-state index contributed by atoms with van der Waals surface area (Å²) < 4.78 is 12.7. The van der Waals surface area contributed by atoms with Crippen LogP contribution < -0.4 is 15.2 Å². The molecule has 0 radical (unpaired) electrons. The number of halogens is 2. The van der Waals surface area contributed by atoms with E-state index in [4.69, 9.17) is 38.4 Å². The topological polar surface area (TPSA) is 62.3 Å². The molecule has 3 aromatic rings. The van der Waals surface area contributed by atoms with Crippen LogP contribution >= 0.6 is 23.2 Å². The third kappa shape index (κ3) is 3.65. The maximum atomic E-state index is 6.34. The van der Waals surface area contributed by atoms with E-state index in [0.29, 0.717) is 23.1 Å². The van der Waals surface area contributed by atoms with E-state index in [9.17, 15) is 0 Å². The standard InChI is InChI=1S/C19H19Cl2N3O2/c1-25-14-5-3-12(18(8-14)26-2)10-24-11-23-19(17(24)9-22)15-6-4-13(20)7-16(15)21/h3-8,11H,9-10,22H2,1-2H3. The van der Waals surface area contributed by atoms with Crippen molar-refractivity contribution in [3.8, 4) is 22.8 Å². The van der Waals surface area contributed by atoms with Crippen LogP contribution in [0.15, 0.2) is 42.7 Å². The van der Waals surface area contributed by atoms with Crippen molar-refractivity contribution >= 4 is 23.2 Å². The van der Waals surface area contributed by atoms with Crippen LogP contribution in [0.1, 0.15) is 11.3 Å². The van der Waals surface area contributed by atoms with Gasteiger partial charge in [0.05, 0.1) is 43.5 Å². The van der Waals surface area contributed by atoms with Gasteiger partial charge in [0.2, 0.25) is 0 Å². The van der Waals surface area contributed by atoms with E-state index in [1.807, 2.05) is 28.8 Å². The Kier molecular flexibility index (Phi) is 5.71. The van der Waals surface area contributed by atoms with E-state index in [0.717, 1.165) is 34.0 Å². The Morgan fingerprint density at radius 2 is 1.88 bits per heavy atom. The van der Waals surface area contributed by atoms with Gasteiger partial charge < -0.3 is 19.8 Å². The summed E-state index contributed by atoms with van der Waals surface area (Å²) in [5.41, 5.74) is 9.43. The molecule has 3 rings (SSSR count). The molecule has 0 aliphatic heterocycles. The van der Waals surface area contributed by atoms with Gasteiger partial charge in [-0.1, -0.05) is 23.2 Å². The molecule has 0 atom stereocenters. The zero-order valence-electron chi connectivity index (χ0n) is 14.5. The predicted molar refractivity (Wildman–Crippen MR) is 104 cm³/mol. The molecule has 0 bridgehead atoms. The van der Waals surface area contributed by atoms with Gasteiger partial charge in [-0.25, -0.2) is 4.98 Å². The lowest BCUT2D eigenvalue weighted by Gasteiger charge is -2.13. The summed E-state index contributed by atoms with van der Waals surface area (Å²) in [4.78, 5) is 4.52. The van der Waals surface area contributed by atoms with Crippen LogP contribution in [0.25, 0.3) is 11.3 Å². The molecule has 7 heteroatoms. The number of imidazole rings is 1. The number of nitrogens with two attached hydrogens (primary N) is 1. The van der Waals surface area contributed by atoms with Gasteiger partial charge in [-0.05, 0) is 30.3 Å². The van der Waals surface area contributed by atoms with Crippen LogP contribution in [0.5, 0.6) is 11.5 Å². The molecule has 0 saturated carbocycles. The summed E-state index contributed by atoms with van der Waals surface area (Å²) in [7, 11) is 3.26. The molecule has 26 heavy (non-hydrogen) atoms. The number of rotatable bonds is 6. The Bertz CT molecular complexity index is 925. The maximum Gasteiger partial charge on any atom is 0.127 e. The molecule has 0 unspecified atom stereocenters. The highest BCUT2D eigenvalue weighted by molar-refractivity contribution is 6.36. The summed E-state index contributed by atoms with van der Waals surface area (Å²) in [6.07, 6.45) is 1.76. The molecular formula is C19H19Cl2N3O2. The highest BCUT2D eigenvalue weighted by Gasteiger charge is 2.16. The smallest absolute Gasteiger partial charge is 0.127 e. The van der Waals surface area contributed by atoms with Crippen molar-refractivity contribution in [1.82, 2.24) is 9.55 Å². The van der Waals surface area contributed by atoms with Gasteiger partial charge in [-0.15, -0.1) is 0 Å². The van der Waals surface area contributed by atoms with Crippen molar-refractivity contribution in [3.63, 3.8) is 0 Å². The molecule has 2 N–H and O–H groups in total. The van der Waals surface area contributed by atoms with Gasteiger partial charge in [-0.3, -0.25) is 0 Å². The van der Waals surface area contributed by atoms with E-state index in [-0.39, 0.29) is 0 Å². The monoisotopic (exact) mass is 391 g/mol. The fraction of sp³-hybridized carbons (Fsp3) is 0.211. The van der Waals surface area contributed by atoms with Crippen molar-refractivity contribution in [3.05, 3.63) is 64.0 Å². The van der Waals surface area contributed by atoms with Gasteiger partial charge in [0, 0.05) is 28.8 Å². The van der Waals surface area contributed by atoms with Crippen LogP contribution in [0.4, 0.5) is 0 Å². The molecule has 0 amide bonds. The maximum absolute atomic E-state index is 6.34. The van der Waals surface area contributed by atoms with Crippen LogP contribution in [-0.2, 0) is 13.1 Å². The molecule has 0 saturated heterocycles. The number of hydrogen-bond donors (Lipinski definition) is 1. The van der Waals surface area contributed by atoms with E-state index in [1.54, 1.807) is 32.7 Å². The zero-order chi connectivity index (χ0) is 18.7. The molecule has 1 aromatic heterocycles. The van der Waals surface area contributed by atoms with E-state index >= 15 is 0 Å². The minimum Gasteiger partial charge on any atom is -0.497 e. The van der Waals surface area contributed by atoms with Gasteiger partial charge in [0.25, 0.3) is 0 Å². The second kappa shape index (κ2) is 7.99. The summed E-state index contributed by atoms with van der Waals surface area (Å²) in [5.74, 6) is 1.48. The average Bonchev–Trinajstić information content (AvgIpc) is 3.04. The molecule has 0 fully saturated rings. The Morgan fingerprint density at radius 1 is 1.08 bits per heavy atom. The summed E-state index contributed by atoms with van der Waals surface area (Å²) in [6, 6.07) is 11.1. The fourth-order valence-electron chi connectivity index (χ4n) is 2.83. The molecule has 0 spiro atoms. The van der Waals surface area contributed by atoms with Crippen LogP contribution in [0.2, 0.25) is 10.0 Å². The average molecular weight is 392 g/mol. The van der Waals surface area contributed by atoms with E-state index in [1.165, 1.54) is 0 Å². The number of nitrogens with zero attached hydrogens (tertiary/aromatic N) is 2. The van der Waals surface area contributed by atoms with Crippen molar-refractivity contribution in [2.24, 2.45) is 5.73 Å². The zero-order valence-corrected chi connectivity index (χ0v) is 16.0. The molecule has 5 nitrogen and oxygen atoms in total.